The van der Waals surface area contributed by atoms with Gasteiger partial charge in [-0.25, -0.2) is 4.99 Å². The van der Waals surface area contributed by atoms with Gasteiger partial charge < -0.3 is 19.7 Å². The third kappa shape index (κ3) is 4.44. The number of nitrogens with zero attached hydrogens (tertiary/aromatic N) is 4. The van der Waals surface area contributed by atoms with Gasteiger partial charge in [-0.2, -0.15) is 5.10 Å². The van der Waals surface area contributed by atoms with E-state index in [1.807, 2.05) is 26.2 Å². The molecule has 4 rings (SSSR count). The summed E-state index contributed by atoms with van der Waals surface area (Å²) in [5.41, 5.74) is 4.00. The molecule has 1 N–H and O–H groups in total. The van der Waals surface area contributed by atoms with E-state index < -0.39 is 5.92 Å². The monoisotopic (exact) mass is 467 g/mol. The lowest BCUT2D eigenvalue weighted by Crippen LogP contribution is -2.40. The Hall–Kier alpha value is -3.20. The molecule has 1 saturated heterocycles. The van der Waals surface area contributed by atoms with E-state index >= 15 is 0 Å². The first kappa shape index (κ1) is 23.9. The fourth-order valence-electron chi connectivity index (χ4n) is 4.97. The van der Waals surface area contributed by atoms with Crippen molar-refractivity contribution in [3.8, 4) is 0 Å². The third-order valence-electron chi connectivity index (χ3n) is 6.77. The number of anilines is 1. The largest absolute Gasteiger partial charge is 0.500 e. The van der Waals surface area contributed by atoms with E-state index in [9.17, 15) is 9.59 Å². The molecule has 182 valence electrons. The maximum atomic E-state index is 13.4. The molecule has 0 bridgehead atoms. The normalized spacial score (nSPS) is 19.1. The van der Waals surface area contributed by atoms with Crippen LogP contribution in [0.15, 0.2) is 29.1 Å². The molecule has 1 aromatic heterocycles. The number of aliphatic imine (C=N–C) groups is 1. The van der Waals surface area contributed by atoms with Crippen LogP contribution in [0.5, 0.6) is 0 Å². The minimum Gasteiger partial charge on any atom is -0.500 e. The summed E-state index contributed by atoms with van der Waals surface area (Å²) in [5.74, 6) is -0.672. The number of benzene rings is 1. The zero-order valence-corrected chi connectivity index (χ0v) is 20.6. The van der Waals surface area contributed by atoms with Crippen molar-refractivity contribution in [3.63, 3.8) is 0 Å². The van der Waals surface area contributed by atoms with E-state index in [4.69, 9.17) is 9.47 Å². The highest BCUT2D eigenvalue weighted by Crippen LogP contribution is 2.36. The lowest BCUT2D eigenvalue weighted by atomic mass is 9.97. The molecule has 1 aromatic carbocycles. The average molecular weight is 468 g/mol. The number of aryl methyl sites for hydroxylation is 1. The van der Waals surface area contributed by atoms with Gasteiger partial charge >= 0.3 is 0 Å². The maximum Gasteiger partial charge on any atom is 0.258 e. The van der Waals surface area contributed by atoms with Crippen LogP contribution in [0, 0.1) is 12.8 Å². The minimum atomic E-state index is -0.632. The van der Waals surface area contributed by atoms with Gasteiger partial charge in [-0.05, 0) is 51.3 Å². The standard InChI is InChI=1S/C25H33N5O4/c1-6-30(17-7-9-34-10-8-17)23-16(3)18(12-21-19(23)14-27-29(21)4)24(31)26-13-20-22(33-5)11-15(2)28-25(20)32/h11-12,14,17,20H,6-10,13H2,1-5H3,(H,26,31). The lowest BCUT2D eigenvalue weighted by molar-refractivity contribution is -0.121. The van der Waals surface area contributed by atoms with E-state index in [0.29, 0.717) is 23.1 Å². The smallest absolute Gasteiger partial charge is 0.258 e. The highest BCUT2D eigenvalue weighted by atomic mass is 16.5. The topological polar surface area (TPSA) is 98.0 Å². The molecule has 3 heterocycles. The summed E-state index contributed by atoms with van der Waals surface area (Å²) in [6.45, 7) is 8.28. The Morgan fingerprint density at radius 3 is 2.74 bits per heavy atom. The molecule has 9 nitrogen and oxygen atoms in total. The first-order valence-corrected chi connectivity index (χ1v) is 11.8. The van der Waals surface area contributed by atoms with Gasteiger partial charge in [0.25, 0.3) is 11.8 Å². The van der Waals surface area contributed by atoms with Crippen LogP contribution in [0.2, 0.25) is 0 Å². The van der Waals surface area contributed by atoms with Crippen molar-refractivity contribution in [1.82, 2.24) is 15.1 Å². The second kappa shape index (κ2) is 9.97. The van der Waals surface area contributed by atoms with Crippen LogP contribution in [0.25, 0.3) is 10.9 Å². The molecule has 2 amide bonds. The van der Waals surface area contributed by atoms with Crippen molar-refractivity contribution in [3.05, 3.63) is 35.2 Å². The number of dihydropyridines is 1. The van der Waals surface area contributed by atoms with E-state index in [1.54, 1.807) is 17.7 Å². The van der Waals surface area contributed by atoms with Gasteiger partial charge in [0, 0.05) is 56.1 Å². The van der Waals surface area contributed by atoms with Crippen molar-refractivity contribution in [2.75, 3.05) is 38.3 Å². The van der Waals surface area contributed by atoms with Crippen molar-refractivity contribution in [2.45, 2.75) is 39.7 Å². The van der Waals surface area contributed by atoms with Gasteiger partial charge in [0.2, 0.25) is 0 Å². The average Bonchev–Trinajstić information content (AvgIpc) is 3.20. The van der Waals surface area contributed by atoms with E-state index in [-0.39, 0.29) is 18.4 Å². The van der Waals surface area contributed by atoms with E-state index in [1.165, 1.54) is 7.11 Å². The van der Waals surface area contributed by atoms with E-state index in [2.05, 4.69) is 27.2 Å². The van der Waals surface area contributed by atoms with Crippen LogP contribution < -0.4 is 10.2 Å². The second-order valence-corrected chi connectivity index (χ2v) is 8.83. The first-order chi connectivity index (χ1) is 16.3. The van der Waals surface area contributed by atoms with Gasteiger partial charge in [0.15, 0.2) is 0 Å². The highest BCUT2D eigenvalue weighted by molar-refractivity contribution is 6.07. The molecular formula is C25H33N5O4. The zero-order chi connectivity index (χ0) is 24.4. The second-order valence-electron chi connectivity index (χ2n) is 8.83. The molecule has 1 atom stereocenters. The molecule has 2 aliphatic heterocycles. The lowest BCUT2D eigenvalue weighted by Gasteiger charge is -2.37. The SMILES string of the molecule is CCN(c1c(C)c(C(=O)NCC2C(=O)N=C(C)C=C2OC)cc2c1cnn2C)C1CCOCC1. The van der Waals surface area contributed by atoms with Gasteiger partial charge in [-0.3, -0.25) is 14.3 Å². The number of allylic oxidation sites excluding steroid dienone is 1. The van der Waals surface area contributed by atoms with Gasteiger partial charge in [-0.15, -0.1) is 0 Å². The molecule has 2 aliphatic rings. The van der Waals surface area contributed by atoms with Crippen LogP contribution >= 0.6 is 0 Å². The molecule has 1 fully saturated rings. The Morgan fingerprint density at radius 2 is 2.06 bits per heavy atom. The van der Waals surface area contributed by atoms with Crippen molar-refractivity contribution < 1.29 is 19.1 Å². The highest BCUT2D eigenvalue weighted by Gasteiger charge is 2.30. The van der Waals surface area contributed by atoms with Crippen LogP contribution in [0.1, 0.15) is 42.6 Å². The fourth-order valence-corrected chi connectivity index (χ4v) is 4.97. The summed E-state index contributed by atoms with van der Waals surface area (Å²) in [6, 6.07) is 2.22. The Bertz CT molecular complexity index is 1160. The van der Waals surface area contributed by atoms with Crippen molar-refractivity contribution in [1.29, 1.82) is 0 Å². The molecule has 2 aromatic rings. The molecular weight excluding hydrogens is 434 g/mol. The molecule has 0 radical (unpaired) electrons. The Morgan fingerprint density at radius 1 is 1.32 bits per heavy atom. The fraction of sp³-hybridized carbons (Fsp3) is 0.520. The van der Waals surface area contributed by atoms with Gasteiger partial charge in [0.05, 0.1) is 24.5 Å². The summed E-state index contributed by atoms with van der Waals surface area (Å²) >= 11 is 0. The number of nitrogens with one attached hydrogen (secondary N) is 1. The molecule has 9 heteroatoms. The molecule has 0 saturated carbocycles. The summed E-state index contributed by atoms with van der Waals surface area (Å²) in [7, 11) is 3.40. The van der Waals surface area contributed by atoms with Crippen molar-refractivity contribution >= 4 is 34.1 Å². The number of rotatable bonds is 7. The first-order valence-electron chi connectivity index (χ1n) is 11.8. The number of fused-ring (bicyclic) bond motifs is 1. The molecule has 1 unspecified atom stereocenters. The number of aromatic nitrogens is 2. The van der Waals surface area contributed by atoms with Crippen LogP contribution in [0.4, 0.5) is 5.69 Å². The number of amides is 2. The van der Waals surface area contributed by atoms with Crippen molar-refractivity contribution in [2.24, 2.45) is 18.0 Å². The number of ether oxygens (including phenoxy) is 2. The summed E-state index contributed by atoms with van der Waals surface area (Å²) < 4.78 is 12.8. The number of hydrogen-bond donors (Lipinski definition) is 1. The number of carbonyl (C=O) groups excluding carboxylic acids is 2. The molecule has 34 heavy (non-hydrogen) atoms. The third-order valence-corrected chi connectivity index (χ3v) is 6.77. The Balaban J connectivity index is 1.67. The Kier molecular flexibility index (Phi) is 7.02. The quantitative estimate of drug-likeness (QED) is 0.673. The van der Waals surface area contributed by atoms with Crippen LogP contribution in [0.3, 0.4) is 0 Å². The maximum absolute atomic E-state index is 13.4. The number of methoxy groups -OCH3 is 1. The summed E-state index contributed by atoms with van der Waals surface area (Å²) in [6.07, 6.45) is 5.50. The number of hydrogen-bond acceptors (Lipinski definition) is 6. The predicted octanol–water partition coefficient (Wildman–Crippen LogP) is 2.76. The van der Waals surface area contributed by atoms with Crippen LogP contribution in [-0.4, -0.2) is 66.8 Å². The predicted molar refractivity (Wildman–Crippen MR) is 131 cm³/mol. The minimum absolute atomic E-state index is 0.115. The van der Waals surface area contributed by atoms with Crippen LogP contribution in [-0.2, 0) is 21.3 Å². The molecule has 0 spiro atoms. The summed E-state index contributed by atoms with van der Waals surface area (Å²) in [4.78, 5) is 32.2. The van der Waals surface area contributed by atoms with Gasteiger partial charge in [0.1, 0.15) is 11.7 Å². The number of carbonyl (C=O) groups is 2. The van der Waals surface area contributed by atoms with E-state index in [0.717, 1.165) is 54.8 Å². The zero-order valence-electron chi connectivity index (χ0n) is 20.6. The summed E-state index contributed by atoms with van der Waals surface area (Å²) in [5, 5.41) is 8.44. The molecule has 0 aliphatic carbocycles. The van der Waals surface area contributed by atoms with Gasteiger partial charge in [-0.1, -0.05) is 0 Å². The Labute approximate surface area is 199 Å².